The molecule has 138 valence electrons. The van der Waals surface area contributed by atoms with Gasteiger partial charge >= 0.3 is 0 Å². The summed E-state index contributed by atoms with van der Waals surface area (Å²) in [6.07, 6.45) is 3.48. The van der Waals surface area contributed by atoms with Crippen molar-refractivity contribution in [3.8, 4) is 5.69 Å². The van der Waals surface area contributed by atoms with E-state index >= 15 is 0 Å². The van der Waals surface area contributed by atoms with Gasteiger partial charge in [0.05, 0.1) is 24.5 Å². The van der Waals surface area contributed by atoms with Gasteiger partial charge in [-0.2, -0.15) is 10.2 Å². The molecule has 2 N–H and O–H groups in total. The van der Waals surface area contributed by atoms with Gasteiger partial charge in [-0.1, -0.05) is 18.2 Å². The van der Waals surface area contributed by atoms with Gasteiger partial charge in [0.1, 0.15) is 12.2 Å². The monoisotopic (exact) mass is 466 g/mol. The van der Waals surface area contributed by atoms with Crippen LogP contribution in [0.5, 0.6) is 0 Å². The number of nitrogens with one attached hydrogen (secondary N) is 2. The maximum Gasteiger partial charge on any atom is 0.192 e. The fourth-order valence-corrected chi connectivity index (χ4v) is 2.32. The molecule has 0 fully saturated rings. The van der Waals surface area contributed by atoms with E-state index in [2.05, 4.69) is 30.8 Å². The van der Waals surface area contributed by atoms with Crippen molar-refractivity contribution in [2.75, 3.05) is 6.54 Å². The Hall–Kier alpha value is -2.43. The third-order valence-electron chi connectivity index (χ3n) is 3.63. The number of guanidine groups is 1. The number of aliphatic imine (C=N–C) groups is 1. The Balaban J connectivity index is 0.00000243. The second kappa shape index (κ2) is 9.90. The van der Waals surface area contributed by atoms with E-state index in [0.717, 1.165) is 29.7 Å². The van der Waals surface area contributed by atoms with E-state index in [0.29, 0.717) is 13.1 Å². The molecule has 3 rings (SSSR count). The standard InChI is InChI=1S/C17H22N8.HI/c1-3-18-17(20-12-16-21-13-22-24(16)2)19-11-14-9-10-25(23-14)15-7-5-4-6-8-15;/h4-10,13H,3,11-12H2,1-2H3,(H2,18,19,20);1H. The molecule has 2 heterocycles. The minimum Gasteiger partial charge on any atom is -0.357 e. The molecule has 0 unspecified atom stereocenters. The highest BCUT2D eigenvalue weighted by molar-refractivity contribution is 14.0. The van der Waals surface area contributed by atoms with Gasteiger partial charge in [0, 0.05) is 19.8 Å². The molecule has 0 radical (unpaired) electrons. The zero-order chi connectivity index (χ0) is 17.5. The number of rotatable bonds is 6. The molecule has 0 aliphatic heterocycles. The molecule has 9 heteroatoms. The van der Waals surface area contributed by atoms with E-state index in [-0.39, 0.29) is 24.0 Å². The number of aryl methyl sites for hydroxylation is 1. The molecular weight excluding hydrogens is 443 g/mol. The largest absolute Gasteiger partial charge is 0.357 e. The summed E-state index contributed by atoms with van der Waals surface area (Å²) >= 11 is 0. The zero-order valence-corrected chi connectivity index (χ0v) is 17.2. The lowest BCUT2D eigenvalue weighted by molar-refractivity contribution is 0.672. The van der Waals surface area contributed by atoms with Crippen molar-refractivity contribution in [3.05, 3.63) is 60.4 Å². The Morgan fingerprint density at radius 3 is 2.65 bits per heavy atom. The van der Waals surface area contributed by atoms with Crippen molar-refractivity contribution >= 4 is 29.9 Å². The molecule has 26 heavy (non-hydrogen) atoms. The van der Waals surface area contributed by atoms with Gasteiger partial charge in [-0.05, 0) is 25.1 Å². The molecule has 0 atom stereocenters. The van der Waals surface area contributed by atoms with Gasteiger partial charge < -0.3 is 10.6 Å². The highest BCUT2D eigenvalue weighted by Gasteiger charge is 2.04. The summed E-state index contributed by atoms with van der Waals surface area (Å²) in [6.45, 7) is 3.86. The number of hydrogen-bond donors (Lipinski definition) is 2. The average molecular weight is 466 g/mol. The fourth-order valence-electron chi connectivity index (χ4n) is 2.32. The number of para-hydroxylation sites is 1. The fraction of sp³-hybridized carbons (Fsp3) is 0.294. The average Bonchev–Trinajstić information content (AvgIpc) is 3.27. The third-order valence-corrected chi connectivity index (χ3v) is 3.63. The van der Waals surface area contributed by atoms with E-state index in [9.17, 15) is 0 Å². The summed E-state index contributed by atoms with van der Waals surface area (Å²) < 4.78 is 3.59. The highest BCUT2D eigenvalue weighted by Crippen LogP contribution is 2.07. The van der Waals surface area contributed by atoms with Crippen LogP contribution in [0.25, 0.3) is 5.69 Å². The number of nitrogens with zero attached hydrogens (tertiary/aromatic N) is 6. The smallest absolute Gasteiger partial charge is 0.192 e. The van der Waals surface area contributed by atoms with Crippen LogP contribution in [0.1, 0.15) is 18.4 Å². The summed E-state index contributed by atoms with van der Waals surface area (Å²) in [4.78, 5) is 8.77. The number of hydrogen-bond acceptors (Lipinski definition) is 4. The van der Waals surface area contributed by atoms with Crippen LogP contribution in [0.15, 0.2) is 53.9 Å². The molecule has 3 aromatic rings. The number of benzene rings is 1. The Labute approximate surface area is 169 Å². The van der Waals surface area contributed by atoms with E-state index in [1.807, 2.05) is 61.2 Å². The Morgan fingerprint density at radius 1 is 1.15 bits per heavy atom. The van der Waals surface area contributed by atoms with Gasteiger partial charge in [0.2, 0.25) is 0 Å². The van der Waals surface area contributed by atoms with Crippen LogP contribution in [0.3, 0.4) is 0 Å². The Morgan fingerprint density at radius 2 is 1.96 bits per heavy atom. The maximum atomic E-state index is 4.58. The molecule has 0 bridgehead atoms. The van der Waals surface area contributed by atoms with Crippen molar-refractivity contribution in [2.45, 2.75) is 20.0 Å². The minimum atomic E-state index is 0. The van der Waals surface area contributed by atoms with Crippen molar-refractivity contribution < 1.29 is 0 Å². The van der Waals surface area contributed by atoms with Crippen LogP contribution >= 0.6 is 24.0 Å². The first-order valence-corrected chi connectivity index (χ1v) is 8.21. The molecule has 0 aliphatic rings. The second-order valence-corrected chi connectivity index (χ2v) is 5.44. The van der Waals surface area contributed by atoms with Crippen molar-refractivity contribution in [2.24, 2.45) is 12.0 Å². The molecule has 0 amide bonds. The molecule has 2 aromatic heterocycles. The molecule has 0 aliphatic carbocycles. The normalized spacial score (nSPS) is 11.1. The number of halogens is 1. The molecule has 0 spiro atoms. The number of aromatic nitrogens is 5. The lowest BCUT2D eigenvalue weighted by Gasteiger charge is -2.10. The van der Waals surface area contributed by atoms with Gasteiger partial charge in [-0.15, -0.1) is 24.0 Å². The highest BCUT2D eigenvalue weighted by atomic mass is 127. The summed E-state index contributed by atoms with van der Waals surface area (Å²) in [5, 5.41) is 15.1. The van der Waals surface area contributed by atoms with E-state index in [4.69, 9.17) is 0 Å². The molecule has 8 nitrogen and oxygen atoms in total. The quantitative estimate of drug-likeness (QED) is 0.329. The van der Waals surface area contributed by atoms with Crippen LogP contribution in [0, 0.1) is 0 Å². The van der Waals surface area contributed by atoms with Crippen LogP contribution in [-0.4, -0.2) is 37.0 Å². The van der Waals surface area contributed by atoms with Crippen LogP contribution in [0.2, 0.25) is 0 Å². The van der Waals surface area contributed by atoms with Crippen molar-refractivity contribution in [3.63, 3.8) is 0 Å². The topological polar surface area (TPSA) is 84.9 Å². The van der Waals surface area contributed by atoms with Gasteiger partial charge in [-0.25, -0.2) is 14.7 Å². The van der Waals surface area contributed by atoms with Crippen LogP contribution in [-0.2, 0) is 20.1 Å². The molecule has 1 aromatic carbocycles. The van der Waals surface area contributed by atoms with Gasteiger partial charge in [0.15, 0.2) is 5.96 Å². The lowest BCUT2D eigenvalue weighted by atomic mass is 10.3. The van der Waals surface area contributed by atoms with Crippen molar-refractivity contribution in [1.82, 2.24) is 35.2 Å². The summed E-state index contributed by atoms with van der Waals surface area (Å²) in [5.74, 6) is 1.57. The predicted molar refractivity (Wildman–Crippen MR) is 112 cm³/mol. The molecule has 0 saturated carbocycles. The maximum absolute atomic E-state index is 4.58. The van der Waals surface area contributed by atoms with Gasteiger partial charge in [0.25, 0.3) is 0 Å². The lowest BCUT2D eigenvalue weighted by Crippen LogP contribution is -2.37. The van der Waals surface area contributed by atoms with Crippen LogP contribution < -0.4 is 10.6 Å². The summed E-state index contributed by atoms with van der Waals surface area (Å²) in [6, 6.07) is 12.0. The van der Waals surface area contributed by atoms with E-state index in [1.54, 1.807) is 4.68 Å². The first-order chi connectivity index (χ1) is 12.3. The molecule has 0 saturated heterocycles. The first-order valence-electron chi connectivity index (χ1n) is 8.21. The van der Waals surface area contributed by atoms with Crippen molar-refractivity contribution in [1.29, 1.82) is 0 Å². The predicted octanol–water partition coefficient (Wildman–Crippen LogP) is 1.87. The zero-order valence-electron chi connectivity index (χ0n) is 14.8. The Kier molecular flexibility index (Phi) is 7.57. The summed E-state index contributed by atoms with van der Waals surface area (Å²) in [5.41, 5.74) is 1.93. The molecular formula is C17H23IN8. The first kappa shape index (κ1) is 19.9. The van der Waals surface area contributed by atoms with Crippen LogP contribution in [0.4, 0.5) is 0 Å². The SMILES string of the molecule is CCNC(=NCc1ccn(-c2ccccc2)n1)NCc1ncnn1C.I. The third kappa shape index (κ3) is 5.28. The summed E-state index contributed by atoms with van der Waals surface area (Å²) in [7, 11) is 1.87. The minimum absolute atomic E-state index is 0. The second-order valence-electron chi connectivity index (χ2n) is 5.44. The van der Waals surface area contributed by atoms with Gasteiger partial charge in [-0.3, -0.25) is 4.68 Å². The van der Waals surface area contributed by atoms with E-state index in [1.165, 1.54) is 6.33 Å². The van der Waals surface area contributed by atoms with E-state index < -0.39 is 0 Å². The Bertz CT molecular complexity index is 824.